The number of thiazole rings is 1. The molecule has 0 radical (unpaired) electrons. The number of carbonyl (C=O) groups excluding carboxylic acids is 1. The van der Waals surface area contributed by atoms with Gasteiger partial charge in [-0.25, -0.2) is 4.98 Å². The van der Waals surface area contributed by atoms with Crippen LogP contribution in [0.25, 0.3) is 10.2 Å². The van der Waals surface area contributed by atoms with Crippen molar-refractivity contribution in [2.75, 3.05) is 18.4 Å². The fourth-order valence-corrected chi connectivity index (χ4v) is 5.50. The number of aryl methyl sites for hydroxylation is 2. The SMILES string of the molecule is Cc1cccc(CN2CCC3(CC2)CC3C(=O)Nc2ccc3sc(C)nc3c2)n1. The van der Waals surface area contributed by atoms with Crippen LogP contribution in [0.3, 0.4) is 0 Å². The second-order valence-corrected chi connectivity index (χ2v) is 9.80. The van der Waals surface area contributed by atoms with E-state index in [0.717, 1.165) is 66.5 Å². The highest BCUT2D eigenvalue weighted by Crippen LogP contribution is 2.59. The Morgan fingerprint density at radius 2 is 2.03 bits per heavy atom. The van der Waals surface area contributed by atoms with Crippen molar-refractivity contribution in [1.82, 2.24) is 14.9 Å². The van der Waals surface area contributed by atoms with Crippen molar-refractivity contribution in [3.63, 3.8) is 0 Å². The average molecular weight is 407 g/mol. The van der Waals surface area contributed by atoms with Crippen molar-refractivity contribution < 1.29 is 4.79 Å². The molecule has 2 fully saturated rings. The van der Waals surface area contributed by atoms with Crippen molar-refractivity contribution in [2.24, 2.45) is 11.3 Å². The lowest BCUT2D eigenvalue weighted by Crippen LogP contribution is -2.36. The number of likely N-dealkylation sites (tertiary alicyclic amines) is 1. The lowest BCUT2D eigenvalue weighted by atomic mass is 9.90. The number of hydrogen-bond acceptors (Lipinski definition) is 5. The number of fused-ring (bicyclic) bond motifs is 1. The summed E-state index contributed by atoms with van der Waals surface area (Å²) in [6, 6.07) is 12.2. The number of aromatic nitrogens is 2. The number of rotatable bonds is 4. The number of benzene rings is 1. The van der Waals surface area contributed by atoms with Crippen molar-refractivity contribution in [2.45, 2.75) is 39.7 Å². The number of carbonyl (C=O) groups is 1. The van der Waals surface area contributed by atoms with E-state index in [1.54, 1.807) is 11.3 Å². The van der Waals surface area contributed by atoms with E-state index in [2.05, 4.69) is 38.4 Å². The quantitative estimate of drug-likeness (QED) is 0.691. The fraction of sp³-hybridized carbons (Fsp3) is 0.435. The predicted octanol–water partition coefficient (Wildman–Crippen LogP) is 4.55. The Labute approximate surface area is 175 Å². The zero-order valence-corrected chi connectivity index (χ0v) is 17.8. The molecule has 2 aliphatic rings. The first-order valence-electron chi connectivity index (χ1n) is 10.3. The van der Waals surface area contributed by atoms with E-state index < -0.39 is 0 Å². The smallest absolute Gasteiger partial charge is 0.228 e. The highest BCUT2D eigenvalue weighted by Gasteiger charge is 2.58. The van der Waals surface area contributed by atoms with Crippen LogP contribution in [0.15, 0.2) is 36.4 Å². The van der Waals surface area contributed by atoms with Crippen LogP contribution in [0.1, 0.15) is 35.7 Å². The molecule has 1 unspecified atom stereocenters. The summed E-state index contributed by atoms with van der Waals surface area (Å²) in [4.78, 5) is 24.5. The van der Waals surface area contributed by atoms with Gasteiger partial charge in [0.15, 0.2) is 0 Å². The van der Waals surface area contributed by atoms with Crippen LogP contribution >= 0.6 is 11.3 Å². The van der Waals surface area contributed by atoms with Crippen molar-refractivity contribution in [3.05, 3.63) is 52.8 Å². The number of pyridine rings is 1. The third-order valence-corrected chi connectivity index (χ3v) is 7.40. The Hall–Kier alpha value is -2.31. The first kappa shape index (κ1) is 18.7. The maximum atomic E-state index is 12.8. The molecule has 1 atom stereocenters. The molecule has 1 saturated heterocycles. The normalized spacial score (nSPS) is 20.8. The lowest BCUT2D eigenvalue weighted by molar-refractivity contribution is -0.118. The Kier molecular flexibility index (Phi) is 4.63. The van der Waals surface area contributed by atoms with Gasteiger partial charge in [-0.1, -0.05) is 6.07 Å². The van der Waals surface area contributed by atoms with Crippen molar-refractivity contribution >= 4 is 33.1 Å². The summed E-state index contributed by atoms with van der Waals surface area (Å²) < 4.78 is 1.17. The van der Waals surface area contributed by atoms with Gasteiger partial charge >= 0.3 is 0 Å². The largest absolute Gasteiger partial charge is 0.326 e. The molecule has 5 nitrogen and oxygen atoms in total. The number of piperidine rings is 1. The molecular weight excluding hydrogens is 380 g/mol. The summed E-state index contributed by atoms with van der Waals surface area (Å²) in [5.41, 5.74) is 4.24. The predicted molar refractivity (Wildman–Crippen MR) is 117 cm³/mol. The first-order valence-corrected chi connectivity index (χ1v) is 11.2. The maximum absolute atomic E-state index is 12.8. The van der Waals surface area contributed by atoms with Crippen molar-refractivity contribution in [1.29, 1.82) is 0 Å². The molecule has 1 saturated carbocycles. The van der Waals surface area contributed by atoms with Gasteiger partial charge in [0.1, 0.15) is 0 Å². The average Bonchev–Trinajstić information content (AvgIpc) is 3.26. The maximum Gasteiger partial charge on any atom is 0.228 e. The van der Waals surface area contributed by atoms with E-state index >= 15 is 0 Å². The van der Waals surface area contributed by atoms with Gasteiger partial charge in [0, 0.05) is 23.8 Å². The highest BCUT2D eigenvalue weighted by molar-refractivity contribution is 7.18. The molecule has 1 N–H and O–H groups in total. The molecule has 1 aliphatic carbocycles. The molecule has 0 bridgehead atoms. The second-order valence-electron chi connectivity index (χ2n) is 8.57. The topological polar surface area (TPSA) is 58.1 Å². The van der Waals surface area contributed by atoms with Gasteiger partial charge in [0.2, 0.25) is 5.91 Å². The third kappa shape index (κ3) is 3.79. The van der Waals surface area contributed by atoms with Crippen LogP contribution in [0.2, 0.25) is 0 Å². The molecule has 1 spiro atoms. The zero-order valence-electron chi connectivity index (χ0n) is 16.9. The highest BCUT2D eigenvalue weighted by atomic mass is 32.1. The molecule has 29 heavy (non-hydrogen) atoms. The van der Waals surface area contributed by atoms with Gasteiger partial charge in [0.25, 0.3) is 0 Å². The molecule has 2 aromatic heterocycles. The van der Waals surface area contributed by atoms with Crippen LogP contribution in [0.5, 0.6) is 0 Å². The van der Waals surface area contributed by atoms with Crippen LogP contribution in [-0.2, 0) is 11.3 Å². The van der Waals surface area contributed by atoms with E-state index in [-0.39, 0.29) is 17.2 Å². The number of nitrogens with zero attached hydrogens (tertiary/aromatic N) is 3. The first-order chi connectivity index (χ1) is 14.0. The number of anilines is 1. The Bertz CT molecular complexity index is 1070. The van der Waals surface area contributed by atoms with Crippen LogP contribution in [0.4, 0.5) is 5.69 Å². The van der Waals surface area contributed by atoms with Gasteiger partial charge in [-0.3, -0.25) is 14.7 Å². The lowest BCUT2D eigenvalue weighted by Gasteiger charge is -2.32. The fourth-order valence-electron chi connectivity index (χ4n) is 4.69. The minimum absolute atomic E-state index is 0.148. The standard InChI is InChI=1S/C23H26N4OS/c1-15-4-3-5-18(24-15)14-27-10-8-23(9-11-27)13-19(23)22(28)26-17-6-7-21-20(12-17)25-16(2)29-21/h3-7,12,19H,8-11,13-14H2,1-2H3,(H,26,28). The molecule has 3 heterocycles. The summed E-state index contributed by atoms with van der Waals surface area (Å²) in [6.07, 6.45) is 3.22. The van der Waals surface area contributed by atoms with Gasteiger partial charge in [0.05, 0.1) is 20.9 Å². The molecular formula is C23H26N4OS. The molecule has 1 aliphatic heterocycles. The molecule has 5 rings (SSSR count). The van der Waals surface area contributed by atoms with Crippen molar-refractivity contribution in [3.8, 4) is 0 Å². The number of amides is 1. The number of hydrogen-bond donors (Lipinski definition) is 1. The molecule has 1 aromatic carbocycles. The van der Waals surface area contributed by atoms with Crippen LogP contribution in [-0.4, -0.2) is 33.9 Å². The van der Waals surface area contributed by atoms with E-state index in [1.807, 2.05) is 32.0 Å². The summed E-state index contributed by atoms with van der Waals surface area (Å²) >= 11 is 1.68. The Morgan fingerprint density at radius 3 is 2.83 bits per heavy atom. The van der Waals surface area contributed by atoms with E-state index in [4.69, 9.17) is 0 Å². The number of nitrogens with one attached hydrogen (secondary N) is 1. The molecule has 1 amide bonds. The third-order valence-electron chi connectivity index (χ3n) is 6.45. The molecule has 3 aromatic rings. The Balaban J connectivity index is 1.17. The van der Waals surface area contributed by atoms with Crippen LogP contribution in [0, 0.1) is 25.2 Å². The second kappa shape index (κ2) is 7.18. The van der Waals surface area contributed by atoms with Gasteiger partial charge < -0.3 is 5.32 Å². The van der Waals surface area contributed by atoms with E-state index in [9.17, 15) is 4.79 Å². The van der Waals surface area contributed by atoms with Crippen LogP contribution < -0.4 is 5.32 Å². The summed E-state index contributed by atoms with van der Waals surface area (Å²) in [5, 5.41) is 4.19. The summed E-state index contributed by atoms with van der Waals surface area (Å²) in [5.74, 6) is 0.319. The minimum atomic E-state index is 0.148. The van der Waals surface area contributed by atoms with Gasteiger partial charge in [-0.2, -0.15) is 0 Å². The molecule has 6 heteroatoms. The zero-order chi connectivity index (χ0) is 20.0. The minimum Gasteiger partial charge on any atom is -0.326 e. The van der Waals surface area contributed by atoms with Gasteiger partial charge in [-0.05, 0) is 81.9 Å². The Morgan fingerprint density at radius 1 is 1.21 bits per heavy atom. The van der Waals surface area contributed by atoms with E-state index in [1.165, 1.54) is 4.70 Å². The monoisotopic (exact) mass is 406 g/mol. The summed E-state index contributed by atoms with van der Waals surface area (Å²) in [7, 11) is 0. The molecule has 150 valence electrons. The van der Waals surface area contributed by atoms with Gasteiger partial charge in [-0.15, -0.1) is 11.3 Å². The summed E-state index contributed by atoms with van der Waals surface area (Å²) in [6.45, 7) is 7.04. The van der Waals surface area contributed by atoms with E-state index in [0.29, 0.717) is 0 Å².